The molecule has 0 aliphatic carbocycles. The van der Waals surface area contributed by atoms with Crippen molar-refractivity contribution in [1.29, 1.82) is 0 Å². The van der Waals surface area contributed by atoms with Gasteiger partial charge in [0, 0.05) is 28.0 Å². The molecule has 29 heavy (non-hydrogen) atoms. The zero-order chi connectivity index (χ0) is 20.8. The fourth-order valence-electron chi connectivity index (χ4n) is 2.91. The number of nitrogens with zero attached hydrogens (tertiary/aromatic N) is 2. The first-order valence-corrected chi connectivity index (χ1v) is 10.6. The Morgan fingerprint density at radius 3 is 2.62 bits per heavy atom. The molecule has 0 atom stereocenters. The van der Waals surface area contributed by atoms with E-state index in [9.17, 15) is 9.59 Å². The van der Waals surface area contributed by atoms with Crippen LogP contribution in [0.25, 0.3) is 0 Å². The second kappa shape index (κ2) is 9.43. The van der Waals surface area contributed by atoms with E-state index in [1.807, 2.05) is 54.8 Å². The lowest BCUT2D eigenvalue weighted by Crippen LogP contribution is -2.30. The monoisotopic (exact) mass is 408 g/mol. The molecule has 0 fully saturated rings. The summed E-state index contributed by atoms with van der Waals surface area (Å²) in [5.41, 5.74) is 3.00. The zero-order valence-corrected chi connectivity index (χ0v) is 17.5. The fourth-order valence-corrected chi connectivity index (χ4v) is 3.37. The number of hydrogen-bond acceptors (Lipinski definition) is 5. The molecule has 0 unspecified atom stereocenters. The van der Waals surface area contributed by atoms with E-state index in [0.717, 1.165) is 17.0 Å². The van der Waals surface area contributed by atoms with Gasteiger partial charge >= 0.3 is 0 Å². The Hall–Kier alpha value is -3.06. The highest BCUT2D eigenvalue weighted by atomic mass is 32.2. The van der Waals surface area contributed by atoms with Gasteiger partial charge in [0.05, 0.1) is 0 Å². The molecule has 2 N–H and O–H groups in total. The van der Waals surface area contributed by atoms with E-state index >= 15 is 0 Å². The molecule has 0 bridgehead atoms. The number of anilines is 3. The van der Waals surface area contributed by atoms with Gasteiger partial charge in [0.1, 0.15) is 6.54 Å². The Kier molecular flexibility index (Phi) is 6.72. The van der Waals surface area contributed by atoms with Gasteiger partial charge in [-0.25, -0.2) is 4.98 Å². The van der Waals surface area contributed by atoms with E-state index in [1.54, 1.807) is 18.7 Å². The molecular weight excluding hydrogens is 384 g/mol. The Bertz CT molecular complexity index is 1080. The lowest BCUT2D eigenvalue weighted by molar-refractivity contribution is -0.116. The molecule has 6 nitrogen and oxygen atoms in total. The second-order valence-electron chi connectivity index (χ2n) is 6.60. The van der Waals surface area contributed by atoms with E-state index < -0.39 is 0 Å². The Morgan fingerprint density at radius 1 is 1.10 bits per heavy atom. The van der Waals surface area contributed by atoms with Crippen LogP contribution in [-0.4, -0.2) is 21.7 Å². The van der Waals surface area contributed by atoms with E-state index in [1.165, 1.54) is 16.2 Å². The minimum absolute atomic E-state index is 0.134. The van der Waals surface area contributed by atoms with Gasteiger partial charge in [0.2, 0.25) is 11.9 Å². The van der Waals surface area contributed by atoms with Gasteiger partial charge in [-0.15, -0.1) is 11.8 Å². The van der Waals surface area contributed by atoms with E-state index in [-0.39, 0.29) is 18.0 Å². The van der Waals surface area contributed by atoms with E-state index in [0.29, 0.717) is 17.3 Å². The van der Waals surface area contributed by atoms with Crippen LogP contribution in [0.4, 0.5) is 17.3 Å². The lowest BCUT2D eigenvalue weighted by atomic mass is 10.1. The molecule has 0 radical (unpaired) electrons. The minimum Gasteiger partial charge on any atom is -0.326 e. The number of rotatable bonds is 7. The highest BCUT2D eigenvalue weighted by molar-refractivity contribution is 7.98. The van der Waals surface area contributed by atoms with Crippen LogP contribution in [0.5, 0.6) is 0 Å². The largest absolute Gasteiger partial charge is 0.326 e. The number of carbonyl (C=O) groups is 1. The third-order valence-corrected chi connectivity index (χ3v) is 5.11. The molecule has 0 aliphatic heterocycles. The summed E-state index contributed by atoms with van der Waals surface area (Å²) in [6, 6.07) is 16.9. The third-order valence-electron chi connectivity index (χ3n) is 4.38. The van der Waals surface area contributed by atoms with Crippen LogP contribution in [0, 0.1) is 6.92 Å². The van der Waals surface area contributed by atoms with Crippen LogP contribution in [0.15, 0.2) is 64.3 Å². The van der Waals surface area contributed by atoms with Gasteiger partial charge in [-0.05, 0) is 55.5 Å². The molecule has 3 aromatic rings. The maximum atomic E-state index is 12.6. The van der Waals surface area contributed by atoms with Gasteiger partial charge < -0.3 is 10.6 Å². The molecule has 0 spiro atoms. The summed E-state index contributed by atoms with van der Waals surface area (Å²) in [6.45, 7) is 3.70. The minimum atomic E-state index is -0.290. The summed E-state index contributed by atoms with van der Waals surface area (Å²) >= 11 is 1.60. The highest BCUT2D eigenvalue weighted by Crippen LogP contribution is 2.19. The SMILES string of the molecule is CCc1cccc(Nc2nc(C)cc(=O)n2CC(=O)Nc2cccc(SC)c2)c1. The van der Waals surface area contributed by atoms with Gasteiger partial charge in [-0.3, -0.25) is 14.2 Å². The van der Waals surface area contributed by atoms with E-state index in [2.05, 4.69) is 22.5 Å². The quantitative estimate of drug-likeness (QED) is 0.573. The summed E-state index contributed by atoms with van der Waals surface area (Å²) in [5, 5.41) is 6.03. The van der Waals surface area contributed by atoms with Crippen molar-refractivity contribution in [3.05, 3.63) is 76.2 Å². The van der Waals surface area contributed by atoms with Crippen molar-refractivity contribution in [2.75, 3.05) is 16.9 Å². The standard InChI is InChI=1S/C22H24N4O2S/c1-4-16-7-5-8-17(12-16)25-22-23-15(2)11-21(28)26(22)14-20(27)24-18-9-6-10-19(13-18)29-3/h5-13H,4,14H2,1-3H3,(H,23,25)(H,24,27). The number of aromatic nitrogens is 2. The van der Waals surface area contributed by atoms with Crippen LogP contribution < -0.4 is 16.2 Å². The van der Waals surface area contributed by atoms with Crippen molar-refractivity contribution in [2.45, 2.75) is 31.7 Å². The number of aryl methyl sites for hydroxylation is 2. The number of nitrogens with one attached hydrogen (secondary N) is 2. The maximum Gasteiger partial charge on any atom is 0.255 e. The first kappa shape index (κ1) is 20.7. The number of thioether (sulfide) groups is 1. The van der Waals surface area contributed by atoms with Crippen LogP contribution in [0.1, 0.15) is 18.2 Å². The van der Waals surface area contributed by atoms with Crippen molar-refractivity contribution in [1.82, 2.24) is 9.55 Å². The predicted octanol–water partition coefficient (Wildman–Crippen LogP) is 4.22. The van der Waals surface area contributed by atoms with Crippen LogP contribution in [-0.2, 0) is 17.8 Å². The van der Waals surface area contributed by atoms with Crippen molar-refractivity contribution in [3.63, 3.8) is 0 Å². The predicted molar refractivity (Wildman–Crippen MR) is 119 cm³/mol. The molecule has 7 heteroatoms. The van der Waals surface area contributed by atoms with Crippen molar-refractivity contribution >= 4 is 35.0 Å². The van der Waals surface area contributed by atoms with E-state index in [4.69, 9.17) is 0 Å². The summed E-state index contributed by atoms with van der Waals surface area (Å²) in [4.78, 5) is 30.6. The number of hydrogen-bond donors (Lipinski definition) is 2. The Balaban J connectivity index is 1.84. The summed E-state index contributed by atoms with van der Waals surface area (Å²) < 4.78 is 1.35. The maximum absolute atomic E-state index is 12.6. The molecule has 1 heterocycles. The van der Waals surface area contributed by atoms with Crippen LogP contribution >= 0.6 is 11.8 Å². The second-order valence-corrected chi connectivity index (χ2v) is 7.48. The topological polar surface area (TPSA) is 76.0 Å². The van der Waals surface area contributed by atoms with Gasteiger partial charge in [0.25, 0.3) is 5.56 Å². The Labute approximate surface area is 174 Å². The van der Waals surface area contributed by atoms with Gasteiger partial charge in [0.15, 0.2) is 0 Å². The lowest BCUT2D eigenvalue weighted by Gasteiger charge is -2.15. The summed E-state index contributed by atoms with van der Waals surface area (Å²) in [5.74, 6) is 0.0534. The van der Waals surface area contributed by atoms with Crippen molar-refractivity contribution < 1.29 is 4.79 Å². The highest BCUT2D eigenvalue weighted by Gasteiger charge is 2.12. The zero-order valence-electron chi connectivity index (χ0n) is 16.7. The molecule has 3 rings (SSSR count). The molecule has 150 valence electrons. The number of benzene rings is 2. The fraction of sp³-hybridized carbons (Fsp3) is 0.227. The van der Waals surface area contributed by atoms with Crippen molar-refractivity contribution in [2.24, 2.45) is 0 Å². The molecule has 0 aliphatic rings. The van der Waals surface area contributed by atoms with Crippen LogP contribution in [0.2, 0.25) is 0 Å². The van der Waals surface area contributed by atoms with Gasteiger partial charge in [-0.1, -0.05) is 25.1 Å². The normalized spacial score (nSPS) is 10.6. The smallest absolute Gasteiger partial charge is 0.255 e. The first-order valence-electron chi connectivity index (χ1n) is 9.37. The molecule has 0 saturated carbocycles. The number of amides is 1. The van der Waals surface area contributed by atoms with Crippen LogP contribution in [0.3, 0.4) is 0 Å². The van der Waals surface area contributed by atoms with Gasteiger partial charge in [-0.2, -0.15) is 0 Å². The average Bonchev–Trinajstić information content (AvgIpc) is 2.71. The third kappa shape index (κ3) is 5.48. The van der Waals surface area contributed by atoms with Crippen molar-refractivity contribution in [3.8, 4) is 0 Å². The average molecular weight is 409 g/mol. The molecule has 1 amide bonds. The molecule has 1 aromatic heterocycles. The first-order chi connectivity index (χ1) is 14.0. The Morgan fingerprint density at radius 2 is 1.86 bits per heavy atom. The summed E-state index contributed by atoms with van der Waals surface area (Å²) in [7, 11) is 0. The number of carbonyl (C=O) groups excluding carboxylic acids is 1. The molecule has 2 aromatic carbocycles. The summed E-state index contributed by atoms with van der Waals surface area (Å²) in [6.07, 6.45) is 2.88. The molecular formula is C22H24N4O2S. The molecule has 0 saturated heterocycles.